The number of ether oxygens (including phenoxy) is 2. The Morgan fingerprint density at radius 3 is 3.12 bits per heavy atom. The molecule has 0 radical (unpaired) electrons. The second-order valence-corrected chi connectivity index (χ2v) is 3.83. The summed E-state index contributed by atoms with van der Waals surface area (Å²) in [5.74, 6) is 1.30. The van der Waals surface area contributed by atoms with Gasteiger partial charge in [-0.25, -0.2) is 10.2 Å². The standard InChI is InChI=1S/C9H8BrN3O3/c10-6-1-5(3-12-13-9(11)14)2-7-8(6)16-4-15-7/h1-3H,4H2,(H3,11,13,14). The Bertz CT molecular complexity index is 462. The minimum atomic E-state index is -0.712. The van der Waals surface area contributed by atoms with E-state index in [9.17, 15) is 4.79 Å². The molecule has 1 aliphatic rings. The fourth-order valence-electron chi connectivity index (χ4n) is 1.23. The molecule has 1 aromatic carbocycles. The van der Waals surface area contributed by atoms with Gasteiger partial charge in [0.05, 0.1) is 10.7 Å². The molecule has 16 heavy (non-hydrogen) atoms. The van der Waals surface area contributed by atoms with E-state index in [-0.39, 0.29) is 6.79 Å². The zero-order valence-electron chi connectivity index (χ0n) is 8.07. The molecule has 6 nitrogen and oxygen atoms in total. The molecule has 0 aromatic heterocycles. The van der Waals surface area contributed by atoms with Crippen LogP contribution in [-0.4, -0.2) is 19.0 Å². The number of amides is 2. The van der Waals surface area contributed by atoms with Gasteiger partial charge in [-0.2, -0.15) is 5.10 Å². The molecule has 0 saturated heterocycles. The van der Waals surface area contributed by atoms with Crippen LogP contribution in [0, 0.1) is 0 Å². The topological polar surface area (TPSA) is 85.9 Å². The minimum absolute atomic E-state index is 0.202. The maximum absolute atomic E-state index is 10.4. The highest BCUT2D eigenvalue weighted by atomic mass is 79.9. The summed E-state index contributed by atoms with van der Waals surface area (Å²) in [4.78, 5) is 10.4. The Kier molecular flexibility index (Phi) is 2.95. The molecule has 0 bridgehead atoms. The van der Waals surface area contributed by atoms with Crippen LogP contribution in [0.25, 0.3) is 0 Å². The summed E-state index contributed by atoms with van der Waals surface area (Å²) >= 11 is 3.34. The second-order valence-electron chi connectivity index (χ2n) is 2.97. The molecule has 3 N–H and O–H groups in total. The number of carbonyl (C=O) groups excluding carboxylic acids is 1. The van der Waals surface area contributed by atoms with Gasteiger partial charge in [0.2, 0.25) is 6.79 Å². The predicted molar refractivity (Wildman–Crippen MR) is 60.6 cm³/mol. The van der Waals surface area contributed by atoms with E-state index >= 15 is 0 Å². The number of primary amides is 1. The van der Waals surface area contributed by atoms with Gasteiger partial charge in [-0.05, 0) is 33.6 Å². The van der Waals surface area contributed by atoms with Crippen molar-refractivity contribution in [3.8, 4) is 11.5 Å². The first-order valence-electron chi connectivity index (χ1n) is 4.34. The van der Waals surface area contributed by atoms with E-state index in [0.29, 0.717) is 11.5 Å². The summed E-state index contributed by atoms with van der Waals surface area (Å²) in [6.07, 6.45) is 1.46. The Hall–Kier alpha value is -1.76. The fraction of sp³-hybridized carbons (Fsp3) is 0.111. The largest absolute Gasteiger partial charge is 0.454 e. The number of hydrazone groups is 1. The molecule has 7 heteroatoms. The summed E-state index contributed by atoms with van der Waals surface area (Å²) < 4.78 is 11.2. The SMILES string of the molecule is NC(=O)NN=Cc1cc(Br)c2c(c1)OCO2. The number of nitrogens with one attached hydrogen (secondary N) is 1. The van der Waals surface area contributed by atoms with E-state index in [0.717, 1.165) is 10.0 Å². The van der Waals surface area contributed by atoms with Gasteiger partial charge in [0.1, 0.15) is 0 Å². The molecule has 2 amide bonds. The highest BCUT2D eigenvalue weighted by Crippen LogP contribution is 2.39. The van der Waals surface area contributed by atoms with Gasteiger partial charge in [0, 0.05) is 0 Å². The molecule has 0 unspecified atom stereocenters. The zero-order chi connectivity index (χ0) is 11.5. The lowest BCUT2D eigenvalue weighted by Crippen LogP contribution is -2.24. The van der Waals surface area contributed by atoms with Crippen LogP contribution in [0.2, 0.25) is 0 Å². The lowest BCUT2D eigenvalue weighted by molar-refractivity contribution is 0.173. The molecule has 0 aliphatic carbocycles. The van der Waals surface area contributed by atoms with Crippen molar-refractivity contribution < 1.29 is 14.3 Å². The van der Waals surface area contributed by atoms with Gasteiger partial charge in [0.15, 0.2) is 11.5 Å². The Morgan fingerprint density at radius 2 is 2.38 bits per heavy atom. The highest BCUT2D eigenvalue weighted by Gasteiger charge is 2.17. The van der Waals surface area contributed by atoms with E-state index in [4.69, 9.17) is 15.2 Å². The summed E-state index contributed by atoms with van der Waals surface area (Å²) in [6, 6.07) is 2.83. The summed E-state index contributed by atoms with van der Waals surface area (Å²) in [5, 5.41) is 3.64. The van der Waals surface area contributed by atoms with E-state index in [1.807, 2.05) is 0 Å². The van der Waals surface area contributed by atoms with Crippen molar-refractivity contribution in [2.45, 2.75) is 0 Å². The number of rotatable bonds is 2. The third-order valence-corrected chi connectivity index (χ3v) is 2.43. The first-order valence-corrected chi connectivity index (χ1v) is 5.14. The Balaban J connectivity index is 2.20. The number of hydrogen-bond acceptors (Lipinski definition) is 4. The molecule has 84 valence electrons. The van der Waals surface area contributed by atoms with Gasteiger partial charge < -0.3 is 15.2 Å². The van der Waals surface area contributed by atoms with Crippen molar-refractivity contribution in [2.75, 3.05) is 6.79 Å². The van der Waals surface area contributed by atoms with Crippen LogP contribution in [-0.2, 0) is 0 Å². The zero-order valence-corrected chi connectivity index (χ0v) is 9.65. The van der Waals surface area contributed by atoms with E-state index in [1.54, 1.807) is 12.1 Å². The number of nitrogens with two attached hydrogens (primary N) is 1. The third-order valence-electron chi connectivity index (χ3n) is 1.84. The summed E-state index contributed by atoms with van der Waals surface area (Å²) in [5.41, 5.74) is 7.72. The number of urea groups is 1. The molecule has 2 rings (SSSR count). The van der Waals surface area contributed by atoms with Crippen LogP contribution in [0.15, 0.2) is 21.7 Å². The predicted octanol–water partition coefficient (Wildman–Crippen LogP) is 1.18. The molecule has 0 atom stereocenters. The molecule has 1 aromatic rings. The van der Waals surface area contributed by atoms with Crippen LogP contribution in [0.4, 0.5) is 4.79 Å². The van der Waals surface area contributed by atoms with Gasteiger partial charge >= 0.3 is 6.03 Å². The normalized spacial score (nSPS) is 13.1. The number of nitrogens with zero attached hydrogens (tertiary/aromatic N) is 1. The van der Waals surface area contributed by atoms with Crippen molar-refractivity contribution in [3.63, 3.8) is 0 Å². The molecular weight excluding hydrogens is 278 g/mol. The van der Waals surface area contributed by atoms with E-state index in [1.165, 1.54) is 6.21 Å². The van der Waals surface area contributed by atoms with E-state index < -0.39 is 6.03 Å². The fourth-order valence-corrected chi connectivity index (χ4v) is 1.81. The first-order chi connectivity index (χ1) is 7.66. The van der Waals surface area contributed by atoms with Crippen LogP contribution in [0.5, 0.6) is 11.5 Å². The summed E-state index contributed by atoms with van der Waals surface area (Å²) in [7, 11) is 0. The maximum atomic E-state index is 10.4. The van der Waals surface area contributed by atoms with Crippen LogP contribution in [0.3, 0.4) is 0 Å². The molecule has 0 saturated carbocycles. The van der Waals surface area contributed by atoms with Gasteiger partial charge in [-0.3, -0.25) is 0 Å². The lowest BCUT2D eigenvalue weighted by Gasteiger charge is -2.00. The van der Waals surface area contributed by atoms with Crippen LogP contribution < -0.4 is 20.6 Å². The smallest absolute Gasteiger partial charge is 0.332 e. The van der Waals surface area contributed by atoms with Crippen LogP contribution in [0.1, 0.15) is 5.56 Å². The number of fused-ring (bicyclic) bond motifs is 1. The lowest BCUT2D eigenvalue weighted by atomic mass is 10.2. The monoisotopic (exact) mass is 285 g/mol. The number of halogens is 1. The van der Waals surface area contributed by atoms with Crippen molar-refractivity contribution in [2.24, 2.45) is 10.8 Å². The molecule has 0 fully saturated rings. The molecule has 1 heterocycles. The number of hydrogen-bond donors (Lipinski definition) is 2. The second kappa shape index (κ2) is 4.40. The Labute approximate surface area is 99.5 Å². The van der Waals surface area contributed by atoms with Gasteiger partial charge in [-0.15, -0.1) is 0 Å². The van der Waals surface area contributed by atoms with E-state index in [2.05, 4.69) is 26.5 Å². The summed E-state index contributed by atoms with van der Waals surface area (Å²) in [6.45, 7) is 0.202. The molecule has 1 aliphatic heterocycles. The van der Waals surface area contributed by atoms with Crippen molar-refractivity contribution >= 4 is 28.2 Å². The van der Waals surface area contributed by atoms with Crippen LogP contribution >= 0.6 is 15.9 Å². The number of benzene rings is 1. The minimum Gasteiger partial charge on any atom is -0.454 e. The van der Waals surface area contributed by atoms with Crippen molar-refractivity contribution in [1.29, 1.82) is 0 Å². The number of carbonyl (C=O) groups is 1. The van der Waals surface area contributed by atoms with Crippen molar-refractivity contribution in [3.05, 3.63) is 22.2 Å². The average Bonchev–Trinajstić information content (AvgIpc) is 2.65. The highest BCUT2D eigenvalue weighted by molar-refractivity contribution is 9.10. The van der Waals surface area contributed by atoms with Gasteiger partial charge in [0.25, 0.3) is 0 Å². The van der Waals surface area contributed by atoms with Crippen molar-refractivity contribution in [1.82, 2.24) is 5.43 Å². The molecule has 0 spiro atoms. The first kappa shape index (κ1) is 10.7. The average molecular weight is 286 g/mol. The third kappa shape index (κ3) is 2.25. The quantitative estimate of drug-likeness (QED) is 0.632. The van der Waals surface area contributed by atoms with Gasteiger partial charge in [-0.1, -0.05) is 0 Å². The molecular formula is C9H8BrN3O3. The Morgan fingerprint density at radius 1 is 1.56 bits per heavy atom. The maximum Gasteiger partial charge on any atom is 0.332 e.